The van der Waals surface area contributed by atoms with Gasteiger partial charge in [0.15, 0.2) is 0 Å². The van der Waals surface area contributed by atoms with Gasteiger partial charge in [-0.3, -0.25) is 4.79 Å². The first kappa shape index (κ1) is 21.2. The third-order valence-electron chi connectivity index (χ3n) is 3.62. The molecule has 7 nitrogen and oxygen atoms in total. The summed E-state index contributed by atoms with van der Waals surface area (Å²) in [5, 5.41) is 31.5. The number of nitrogens with one attached hydrogen (secondary N) is 2. The molecule has 29 heavy (non-hydrogen) atoms. The van der Waals surface area contributed by atoms with Gasteiger partial charge >= 0.3 is 4.34 Å². The number of carbonyl (C=O) groups is 1. The molecule has 0 saturated carbocycles. The molecule has 0 spiro atoms. The van der Waals surface area contributed by atoms with E-state index in [2.05, 4.69) is 51.9 Å². The summed E-state index contributed by atoms with van der Waals surface area (Å²) in [6.45, 7) is 2.06. The monoisotopic (exact) mass is 446 g/mol. The Hall–Kier alpha value is -2.56. The molecule has 0 saturated heterocycles. The highest BCUT2D eigenvalue weighted by molar-refractivity contribution is 8.03. The van der Waals surface area contributed by atoms with Crippen molar-refractivity contribution in [1.29, 1.82) is 0 Å². The summed E-state index contributed by atoms with van der Waals surface area (Å²) >= 11 is 4.49. The van der Waals surface area contributed by atoms with Crippen LogP contribution < -0.4 is 15.6 Å². The molecule has 0 unspecified atom stereocenters. The predicted molar refractivity (Wildman–Crippen MR) is 113 cm³/mol. The van der Waals surface area contributed by atoms with Crippen LogP contribution >= 0.6 is 34.9 Å². The number of hydrazone groups is 1. The van der Waals surface area contributed by atoms with Gasteiger partial charge in [-0.2, -0.15) is 5.10 Å². The number of carbonyl (C=O) groups excluding carboxylic acids is 1. The molecule has 0 aliphatic heterocycles. The molecule has 0 atom stereocenters. The number of aromatic amines is 1. The number of nitrogens with zero attached hydrogens (tertiary/aromatic N) is 2. The van der Waals surface area contributed by atoms with Gasteiger partial charge in [-0.15, -0.1) is 0 Å². The fraction of sp³-hybridized carbons (Fsp3) is 0.158. The number of aryl methyl sites for hydroxylation is 1. The lowest BCUT2D eigenvalue weighted by Gasteiger charge is -2.07. The quantitative estimate of drug-likeness (QED) is 0.312. The van der Waals surface area contributed by atoms with Gasteiger partial charge in [0, 0.05) is 10.9 Å². The zero-order valence-electron chi connectivity index (χ0n) is 15.4. The van der Waals surface area contributed by atoms with E-state index in [1.54, 1.807) is 11.8 Å². The van der Waals surface area contributed by atoms with Gasteiger partial charge < -0.3 is 10.2 Å². The van der Waals surface area contributed by atoms with Gasteiger partial charge in [-0.25, -0.2) is 5.43 Å². The Morgan fingerprint density at radius 1 is 1.31 bits per heavy atom. The van der Waals surface area contributed by atoms with Crippen LogP contribution in [0.4, 0.5) is 0 Å². The van der Waals surface area contributed by atoms with Crippen LogP contribution in [0.3, 0.4) is 0 Å². The highest BCUT2D eigenvalue weighted by Gasteiger charge is 2.13. The Bertz CT molecular complexity index is 1010. The predicted octanol–water partition coefficient (Wildman–Crippen LogP) is 2.58. The van der Waals surface area contributed by atoms with Gasteiger partial charge in [0.25, 0.3) is 5.91 Å². The Balaban J connectivity index is 1.41. The highest BCUT2D eigenvalue weighted by Crippen LogP contribution is 2.28. The number of phenolic OH excluding ortho intramolecular Hbond substituents is 1. The number of thioether (sulfide) groups is 2. The van der Waals surface area contributed by atoms with E-state index < -0.39 is 5.75 Å². The molecule has 150 valence electrons. The Labute approximate surface area is 180 Å². The van der Waals surface area contributed by atoms with E-state index in [1.165, 1.54) is 58.6 Å². The lowest BCUT2D eigenvalue weighted by Crippen LogP contribution is -2.19. The fourth-order valence-electron chi connectivity index (χ4n) is 2.13. The van der Waals surface area contributed by atoms with Crippen LogP contribution in [0.25, 0.3) is 0 Å². The van der Waals surface area contributed by atoms with Crippen molar-refractivity contribution in [3.63, 3.8) is 0 Å². The molecule has 0 aliphatic rings. The summed E-state index contributed by atoms with van der Waals surface area (Å²) in [5.74, 6) is -0.0711. The number of aromatic hydroxyl groups is 1. The minimum Gasteiger partial charge on any atom is -0.870 e. The largest absolute Gasteiger partial charge is 0.870 e. The van der Waals surface area contributed by atoms with Crippen molar-refractivity contribution in [2.45, 2.75) is 21.4 Å². The second-order valence-corrected chi connectivity index (χ2v) is 9.43. The van der Waals surface area contributed by atoms with Crippen molar-refractivity contribution in [1.82, 2.24) is 10.5 Å². The average molecular weight is 447 g/mol. The second-order valence-electron chi connectivity index (χ2n) is 5.96. The molecule has 2 aromatic carbocycles. The zero-order valence-corrected chi connectivity index (χ0v) is 17.9. The Kier molecular flexibility index (Phi) is 7.50. The molecule has 1 aromatic heterocycles. The third kappa shape index (κ3) is 6.77. The van der Waals surface area contributed by atoms with Crippen LogP contribution in [-0.4, -0.2) is 28.1 Å². The summed E-state index contributed by atoms with van der Waals surface area (Å²) in [7, 11) is 0. The topological polar surface area (TPSA) is 112 Å². The van der Waals surface area contributed by atoms with Gasteiger partial charge in [-0.05, 0) is 47.2 Å². The van der Waals surface area contributed by atoms with Gasteiger partial charge in [0.1, 0.15) is 5.75 Å². The summed E-state index contributed by atoms with van der Waals surface area (Å²) < 4.78 is 1.75. The Morgan fingerprint density at radius 3 is 2.86 bits per heavy atom. The van der Waals surface area contributed by atoms with Crippen LogP contribution in [0.2, 0.25) is 0 Å². The van der Waals surface area contributed by atoms with Crippen molar-refractivity contribution in [3.8, 4) is 11.5 Å². The standard InChI is InChI=1S/C19H18N4O3S3/c1-12-2-4-13(5-3-12)10-27-18-22-23-19(29-18)28-11-17(26)21-20-9-14-6-7-15(24)16(25)8-14/h2-9,24-25H,10-11H2,1H3,(H,21,26)/b20-9+. The molecule has 0 aliphatic carbocycles. The van der Waals surface area contributed by atoms with Crippen molar-refractivity contribution in [3.05, 3.63) is 59.2 Å². The maximum atomic E-state index is 11.9. The van der Waals surface area contributed by atoms with Crippen LogP contribution in [0.1, 0.15) is 16.7 Å². The van der Waals surface area contributed by atoms with Crippen LogP contribution in [0.15, 0.2) is 56.2 Å². The maximum absolute atomic E-state index is 11.9. The fourth-order valence-corrected chi connectivity index (χ4v) is 4.97. The lowest BCUT2D eigenvalue weighted by molar-refractivity contribution is -0.492. The molecule has 0 bridgehead atoms. The van der Waals surface area contributed by atoms with E-state index in [-0.39, 0.29) is 17.4 Å². The number of benzene rings is 2. The van der Waals surface area contributed by atoms with E-state index in [9.17, 15) is 15.0 Å². The third-order valence-corrected chi connectivity index (χ3v) is 6.95. The van der Waals surface area contributed by atoms with E-state index in [0.717, 1.165) is 14.4 Å². The molecular weight excluding hydrogens is 428 g/mol. The van der Waals surface area contributed by atoms with E-state index >= 15 is 0 Å². The van der Waals surface area contributed by atoms with Crippen molar-refractivity contribution in [2.75, 3.05) is 5.75 Å². The van der Waals surface area contributed by atoms with Gasteiger partial charge in [0.05, 0.1) is 12.0 Å². The first-order valence-corrected chi connectivity index (χ1v) is 11.3. The summed E-state index contributed by atoms with van der Waals surface area (Å²) in [6.07, 6.45) is 1.36. The normalized spacial score (nSPS) is 11.1. The first-order chi connectivity index (χ1) is 14.0. The minimum absolute atomic E-state index is 0.172. The zero-order chi connectivity index (χ0) is 20.6. The van der Waals surface area contributed by atoms with E-state index in [1.807, 2.05) is 0 Å². The molecule has 0 fully saturated rings. The molecule has 1 heterocycles. The van der Waals surface area contributed by atoms with Crippen molar-refractivity contribution >= 4 is 47.0 Å². The van der Waals surface area contributed by atoms with Crippen molar-refractivity contribution in [2.24, 2.45) is 5.10 Å². The maximum Gasteiger partial charge on any atom is 0.323 e. The summed E-state index contributed by atoms with van der Waals surface area (Å²) in [6, 6.07) is 12.4. The SMILES string of the molecule is Cc1ccc(CSc2[nH+]nc(SCC(=O)N/N=C/c3ccc([O-])c(O)c3)s2)cc1. The highest BCUT2D eigenvalue weighted by atomic mass is 32.2. The Morgan fingerprint density at radius 2 is 2.10 bits per heavy atom. The number of aromatic nitrogens is 2. The summed E-state index contributed by atoms with van der Waals surface area (Å²) in [5.41, 5.74) is 5.40. The number of hydrogen-bond acceptors (Lipinski definition) is 8. The van der Waals surface area contributed by atoms with Crippen LogP contribution in [0, 0.1) is 6.92 Å². The lowest BCUT2D eigenvalue weighted by atomic mass is 10.2. The number of hydrogen-bond donors (Lipinski definition) is 2. The number of H-pyrrole nitrogens is 1. The average Bonchev–Trinajstić information content (AvgIpc) is 3.17. The molecule has 3 aromatic rings. The summed E-state index contributed by atoms with van der Waals surface area (Å²) in [4.78, 5) is 11.9. The molecular formula is C19H18N4O3S3. The van der Waals surface area contributed by atoms with E-state index in [4.69, 9.17) is 0 Å². The number of rotatable bonds is 8. The smallest absolute Gasteiger partial charge is 0.323 e. The minimum atomic E-state index is -0.459. The van der Waals surface area contributed by atoms with Gasteiger partial charge in [0.2, 0.25) is 4.34 Å². The second kappa shape index (κ2) is 10.3. The molecule has 3 N–H and O–H groups in total. The van der Waals surface area contributed by atoms with E-state index in [0.29, 0.717) is 5.56 Å². The molecule has 10 heteroatoms. The van der Waals surface area contributed by atoms with Crippen LogP contribution in [-0.2, 0) is 10.5 Å². The van der Waals surface area contributed by atoms with Crippen molar-refractivity contribution < 1.29 is 20.1 Å². The number of phenols is 1. The van der Waals surface area contributed by atoms with Crippen LogP contribution in [0.5, 0.6) is 11.5 Å². The first-order valence-electron chi connectivity index (χ1n) is 8.51. The number of amides is 1. The molecule has 1 amide bonds. The van der Waals surface area contributed by atoms with Gasteiger partial charge in [-0.1, -0.05) is 64.6 Å². The molecule has 0 radical (unpaired) electrons. The molecule has 3 rings (SSSR count).